The molecular weight excluding hydrogens is 320 g/mol. The Kier molecular flexibility index (Phi) is 4.06. The van der Waals surface area contributed by atoms with Gasteiger partial charge in [0.1, 0.15) is 0 Å². The van der Waals surface area contributed by atoms with Crippen LogP contribution in [-0.2, 0) is 5.72 Å². The number of para-hydroxylation sites is 2. The molecule has 0 saturated carbocycles. The van der Waals surface area contributed by atoms with E-state index in [1.165, 1.54) is 12.3 Å². The molecule has 4 rings (SSSR count). The van der Waals surface area contributed by atoms with Gasteiger partial charge in [0.15, 0.2) is 18.0 Å². The molecule has 0 spiro atoms. The van der Waals surface area contributed by atoms with Gasteiger partial charge in [0, 0.05) is 6.42 Å². The van der Waals surface area contributed by atoms with Crippen LogP contribution in [0, 0.1) is 0 Å². The summed E-state index contributed by atoms with van der Waals surface area (Å²) in [6.45, 7) is 1.44. The molecule has 1 aromatic carbocycles. The van der Waals surface area contributed by atoms with Crippen molar-refractivity contribution in [2.24, 2.45) is 0 Å². The van der Waals surface area contributed by atoms with Gasteiger partial charge in [-0.25, -0.2) is 9.48 Å². The van der Waals surface area contributed by atoms with E-state index in [4.69, 9.17) is 4.74 Å². The first-order valence-electron chi connectivity index (χ1n) is 8.54. The number of hydrogen-bond donors (Lipinski definition) is 1. The van der Waals surface area contributed by atoms with E-state index >= 15 is 0 Å². The molecule has 126 valence electrons. The molecule has 0 bridgehead atoms. The molecule has 2 aromatic rings. The zero-order valence-corrected chi connectivity index (χ0v) is 14.8. The highest BCUT2D eigenvalue weighted by molar-refractivity contribution is 7.10. The molecule has 1 unspecified atom stereocenters. The Bertz CT molecular complexity index is 756. The smallest absolute Gasteiger partial charge is 0.280 e. The Morgan fingerprint density at radius 1 is 1.17 bits per heavy atom. The van der Waals surface area contributed by atoms with Gasteiger partial charge >= 0.3 is 0 Å². The number of hydrogen-bond acceptors (Lipinski definition) is 4. The van der Waals surface area contributed by atoms with Gasteiger partial charge in [0.25, 0.3) is 11.6 Å². The third-order valence-electron chi connectivity index (χ3n) is 5.02. The first kappa shape index (κ1) is 15.7. The minimum atomic E-state index is -0.950. The van der Waals surface area contributed by atoms with Crippen molar-refractivity contribution in [1.82, 2.24) is 0 Å². The van der Waals surface area contributed by atoms with Crippen LogP contribution in [0.15, 0.2) is 41.8 Å². The van der Waals surface area contributed by atoms with E-state index in [0.717, 1.165) is 42.1 Å². The van der Waals surface area contributed by atoms with Gasteiger partial charge in [-0.3, -0.25) is 0 Å². The summed E-state index contributed by atoms with van der Waals surface area (Å²) >= 11 is 1.63. The van der Waals surface area contributed by atoms with Gasteiger partial charge in [-0.05, 0) is 42.8 Å². The van der Waals surface area contributed by atoms with Crippen molar-refractivity contribution in [2.45, 2.75) is 31.4 Å². The van der Waals surface area contributed by atoms with Crippen molar-refractivity contribution >= 4 is 22.9 Å². The molecule has 0 aliphatic carbocycles. The number of ether oxygens (including phenoxy) is 1. The predicted molar refractivity (Wildman–Crippen MR) is 97.2 cm³/mol. The Morgan fingerprint density at radius 3 is 2.83 bits per heavy atom. The van der Waals surface area contributed by atoms with E-state index in [1.54, 1.807) is 18.4 Å². The third-order valence-corrected chi connectivity index (χ3v) is 6.03. The molecule has 1 atom stereocenters. The second kappa shape index (κ2) is 6.22. The first-order valence-corrected chi connectivity index (χ1v) is 9.42. The lowest BCUT2D eigenvalue weighted by Gasteiger charge is -2.22. The van der Waals surface area contributed by atoms with Gasteiger partial charge in [0.2, 0.25) is 0 Å². The molecule has 1 aromatic heterocycles. The van der Waals surface area contributed by atoms with Crippen molar-refractivity contribution < 1.29 is 14.4 Å². The summed E-state index contributed by atoms with van der Waals surface area (Å²) in [7, 11) is 1.70. The van der Waals surface area contributed by atoms with Crippen LogP contribution >= 0.6 is 11.3 Å². The molecule has 3 heterocycles. The number of benzene rings is 1. The SMILES string of the molecule is COc1ccccc1N1CC(O)(c2cccs2)[N+]2=C1CCCCC2. The number of nitrogens with zero attached hydrogens (tertiary/aromatic N) is 2. The fraction of sp³-hybridized carbons (Fsp3) is 0.421. The molecule has 0 radical (unpaired) electrons. The van der Waals surface area contributed by atoms with Crippen LogP contribution in [0.4, 0.5) is 5.69 Å². The maximum atomic E-state index is 11.6. The Morgan fingerprint density at radius 2 is 2.04 bits per heavy atom. The average molecular weight is 343 g/mol. The normalized spacial score (nSPS) is 24.0. The number of aliphatic hydroxyl groups is 1. The van der Waals surface area contributed by atoms with Crippen molar-refractivity contribution in [2.75, 3.05) is 25.1 Å². The Balaban J connectivity index is 1.83. The van der Waals surface area contributed by atoms with Crippen LogP contribution in [0.25, 0.3) is 0 Å². The van der Waals surface area contributed by atoms with E-state index in [0.29, 0.717) is 6.54 Å². The van der Waals surface area contributed by atoms with Gasteiger partial charge in [0.05, 0.1) is 18.5 Å². The summed E-state index contributed by atoms with van der Waals surface area (Å²) in [5.41, 5.74) is 0.0868. The molecular formula is C19H23N2O2S+. The predicted octanol–water partition coefficient (Wildman–Crippen LogP) is 3.41. The number of methoxy groups -OCH3 is 1. The highest BCUT2D eigenvalue weighted by Gasteiger charge is 2.53. The van der Waals surface area contributed by atoms with Crippen LogP contribution in [0.2, 0.25) is 0 Å². The highest BCUT2D eigenvalue weighted by atomic mass is 32.1. The minimum absolute atomic E-state index is 0.545. The van der Waals surface area contributed by atoms with Crippen LogP contribution in [0.3, 0.4) is 0 Å². The van der Waals surface area contributed by atoms with Crippen molar-refractivity contribution in [3.63, 3.8) is 0 Å². The second-order valence-electron chi connectivity index (χ2n) is 6.43. The molecule has 5 heteroatoms. The largest absolute Gasteiger partial charge is 0.492 e. The number of rotatable bonds is 3. The van der Waals surface area contributed by atoms with Crippen LogP contribution in [0.1, 0.15) is 30.6 Å². The fourth-order valence-corrected chi connectivity index (χ4v) is 4.69. The molecule has 0 saturated heterocycles. The molecule has 24 heavy (non-hydrogen) atoms. The number of thiophene rings is 1. The summed E-state index contributed by atoms with van der Waals surface area (Å²) in [4.78, 5) is 3.27. The van der Waals surface area contributed by atoms with Crippen LogP contribution < -0.4 is 9.64 Å². The van der Waals surface area contributed by atoms with E-state index in [9.17, 15) is 5.11 Å². The van der Waals surface area contributed by atoms with E-state index in [-0.39, 0.29) is 0 Å². The lowest BCUT2D eigenvalue weighted by atomic mass is 10.1. The monoisotopic (exact) mass is 343 g/mol. The Hall–Kier alpha value is -1.85. The zero-order chi connectivity index (χ0) is 16.6. The van der Waals surface area contributed by atoms with E-state index < -0.39 is 5.72 Å². The molecule has 2 aliphatic rings. The van der Waals surface area contributed by atoms with Crippen LogP contribution in [0.5, 0.6) is 5.75 Å². The zero-order valence-electron chi connectivity index (χ0n) is 13.9. The molecule has 1 N–H and O–H groups in total. The molecule has 4 nitrogen and oxygen atoms in total. The fourth-order valence-electron chi connectivity index (χ4n) is 3.86. The molecule has 0 amide bonds. The lowest BCUT2D eigenvalue weighted by molar-refractivity contribution is -0.657. The maximum absolute atomic E-state index is 11.6. The van der Waals surface area contributed by atoms with Crippen molar-refractivity contribution in [3.8, 4) is 5.75 Å². The number of β-amino-alcohol motifs (C(OH)–C–C–N with tert-alkyl or cyclic N) is 1. The minimum Gasteiger partial charge on any atom is -0.492 e. The van der Waals surface area contributed by atoms with Crippen molar-refractivity contribution in [3.05, 3.63) is 46.7 Å². The summed E-state index contributed by atoms with van der Waals surface area (Å²) in [6.07, 6.45) is 4.49. The van der Waals surface area contributed by atoms with Crippen molar-refractivity contribution in [1.29, 1.82) is 0 Å². The van der Waals surface area contributed by atoms with Gasteiger partial charge < -0.3 is 9.84 Å². The van der Waals surface area contributed by atoms with Crippen LogP contribution in [-0.4, -0.2) is 35.7 Å². The quantitative estimate of drug-likeness (QED) is 0.868. The molecule has 0 fully saturated rings. The summed E-state index contributed by atoms with van der Waals surface area (Å²) in [5.74, 6) is 2.07. The van der Waals surface area contributed by atoms with E-state index in [2.05, 4.69) is 15.5 Å². The van der Waals surface area contributed by atoms with Gasteiger partial charge in [-0.15, -0.1) is 11.3 Å². The van der Waals surface area contributed by atoms with E-state index in [1.807, 2.05) is 35.7 Å². The number of amidine groups is 1. The third kappa shape index (κ3) is 2.43. The lowest BCUT2D eigenvalue weighted by Crippen LogP contribution is -2.40. The average Bonchev–Trinajstić information content (AvgIpc) is 3.16. The number of anilines is 1. The summed E-state index contributed by atoms with van der Waals surface area (Å²) in [6, 6.07) is 12.1. The maximum Gasteiger partial charge on any atom is 0.280 e. The molecule has 2 aliphatic heterocycles. The highest BCUT2D eigenvalue weighted by Crippen LogP contribution is 2.39. The Labute approximate surface area is 146 Å². The first-order chi connectivity index (χ1) is 11.7. The van der Waals surface area contributed by atoms with Gasteiger partial charge in [-0.1, -0.05) is 18.2 Å². The second-order valence-corrected chi connectivity index (χ2v) is 7.38. The standard InChI is InChI=1S/C19H23N2O2S/c1-23-16-9-5-4-8-15(16)20-14-19(22,17-10-7-13-24-17)21-12-6-2-3-11-18(20)21/h4-5,7-10,13,22H,2-3,6,11-12,14H2,1H3/q+1. The van der Waals surface area contributed by atoms with Gasteiger partial charge in [-0.2, -0.15) is 0 Å². The summed E-state index contributed by atoms with van der Waals surface area (Å²) < 4.78 is 7.80. The topological polar surface area (TPSA) is 35.7 Å². The summed E-state index contributed by atoms with van der Waals surface area (Å²) in [5, 5.41) is 13.6.